The molecule has 4 heteroatoms. The fourth-order valence-electron chi connectivity index (χ4n) is 4.53. The van der Waals surface area contributed by atoms with E-state index in [1.165, 1.54) is 47.1 Å². The molecule has 0 aliphatic rings. The Kier molecular flexibility index (Phi) is 12.0. The van der Waals surface area contributed by atoms with Gasteiger partial charge in [-0.15, -0.1) is 0 Å². The maximum Gasteiger partial charge on any atom is 0.333 e. The lowest BCUT2D eigenvalue weighted by Gasteiger charge is -2.16. The van der Waals surface area contributed by atoms with Crippen molar-refractivity contribution in [1.29, 1.82) is 0 Å². The summed E-state index contributed by atoms with van der Waals surface area (Å²) in [7, 11) is 0. The van der Waals surface area contributed by atoms with E-state index >= 15 is 0 Å². The van der Waals surface area contributed by atoms with Crippen LogP contribution >= 0.6 is 12.6 Å². The molecule has 0 unspecified atom stereocenters. The molecule has 0 fully saturated rings. The van der Waals surface area contributed by atoms with Gasteiger partial charge in [-0.05, 0) is 89.8 Å². The first-order valence-corrected chi connectivity index (χ1v) is 14.5. The number of rotatable bonds is 15. The molecule has 0 saturated carbocycles. The summed E-state index contributed by atoms with van der Waals surface area (Å²) in [4.78, 5) is 11.7. The Morgan fingerprint density at radius 2 is 1.55 bits per heavy atom. The van der Waals surface area contributed by atoms with Gasteiger partial charge in [0.05, 0.1) is 0 Å². The number of unbranched alkanes of at least 4 members (excludes halogenated alkanes) is 2. The number of aryl methyl sites for hydroxylation is 3. The molecule has 0 bridgehead atoms. The van der Waals surface area contributed by atoms with E-state index in [1.54, 1.807) is 6.92 Å². The van der Waals surface area contributed by atoms with Crippen molar-refractivity contribution in [1.82, 2.24) is 0 Å². The van der Waals surface area contributed by atoms with Gasteiger partial charge in [0.1, 0.15) is 19.0 Å². The maximum atomic E-state index is 11.7. The Morgan fingerprint density at radius 3 is 2.24 bits per heavy atom. The fourth-order valence-corrected chi connectivity index (χ4v) is 4.69. The van der Waals surface area contributed by atoms with Gasteiger partial charge in [0.15, 0.2) is 0 Å². The van der Waals surface area contributed by atoms with Gasteiger partial charge in [-0.2, -0.15) is 12.6 Å². The molecule has 0 atom stereocenters. The van der Waals surface area contributed by atoms with E-state index in [0.717, 1.165) is 48.3 Å². The van der Waals surface area contributed by atoms with Gasteiger partial charge in [0.25, 0.3) is 0 Å². The van der Waals surface area contributed by atoms with Crippen molar-refractivity contribution in [2.75, 3.05) is 19.0 Å². The maximum absolute atomic E-state index is 11.7. The summed E-state index contributed by atoms with van der Waals surface area (Å²) in [6, 6.07) is 22.2. The average molecular weight is 531 g/mol. The highest BCUT2D eigenvalue weighted by molar-refractivity contribution is 7.80. The van der Waals surface area contributed by atoms with Gasteiger partial charge in [-0.3, -0.25) is 0 Å². The summed E-state index contributed by atoms with van der Waals surface area (Å²) in [5, 5.41) is 0. The van der Waals surface area contributed by atoms with Gasteiger partial charge < -0.3 is 9.47 Å². The van der Waals surface area contributed by atoms with Gasteiger partial charge >= 0.3 is 5.97 Å². The third-order valence-electron chi connectivity index (χ3n) is 6.75. The number of thiol groups is 1. The largest absolute Gasteiger partial charge is 0.490 e. The number of carbonyl (C=O) groups excluding carboxylic acids is 1. The highest BCUT2D eigenvalue weighted by Crippen LogP contribution is 2.33. The third-order valence-corrected chi connectivity index (χ3v) is 7.06. The summed E-state index contributed by atoms with van der Waals surface area (Å²) in [5.74, 6) is 1.26. The first kappa shape index (κ1) is 29.6. The van der Waals surface area contributed by atoms with E-state index in [-0.39, 0.29) is 6.61 Å². The topological polar surface area (TPSA) is 35.5 Å². The van der Waals surface area contributed by atoms with E-state index in [4.69, 9.17) is 9.47 Å². The summed E-state index contributed by atoms with van der Waals surface area (Å²) in [6.45, 7) is 10.2. The van der Waals surface area contributed by atoms with E-state index in [2.05, 4.69) is 93.7 Å². The zero-order chi connectivity index (χ0) is 27.3. The van der Waals surface area contributed by atoms with Gasteiger partial charge in [0.2, 0.25) is 0 Å². The Bertz CT molecular complexity index is 1200. The summed E-state index contributed by atoms with van der Waals surface area (Å²) in [6.07, 6.45) is 7.73. The molecule has 0 radical (unpaired) electrons. The first-order valence-electron chi connectivity index (χ1n) is 13.9. The summed E-state index contributed by atoms with van der Waals surface area (Å²) < 4.78 is 11.3. The number of ether oxygens (including phenoxy) is 2. The second kappa shape index (κ2) is 15.4. The molecule has 3 aromatic carbocycles. The van der Waals surface area contributed by atoms with Crippen molar-refractivity contribution >= 4 is 18.6 Å². The fraction of sp³-hybridized carbons (Fsp3) is 0.382. The predicted octanol–water partition coefficient (Wildman–Crippen LogP) is 8.68. The van der Waals surface area contributed by atoms with Crippen LogP contribution in [-0.4, -0.2) is 24.9 Å². The number of benzene rings is 3. The van der Waals surface area contributed by atoms with E-state index < -0.39 is 5.97 Å². The van der Waals surface area contributed by atoms with Gasteiger partial charge in [-0.25, -0.2) is 4.79 Å². The lowest BCUT2D eigenvalue weighted by atomic mass is 9.92. The molecule has 0 aliphatic carbocycles. The van der Waals surface area contributed by atoms with Crippen LogP contribution in [0.1, 0.15) is 63.1 Å². The van der Waals surface area contributed by atoms with Crippen molar-refractivity contribution in [3.8, 4) is 28.0 Å². The Labute approximate surface area is 234 Å². The molecule has 0 saturated heterocycles. The smallest absolute Gasteiger partial charge is 0.333 e. The van der Waals surface area contributed by atoms with Gasteiger partial charge in [0, 0.05) is 5.57 Å². The Morgan fingerprint density at radius 1 is 0.816 bits per heavy atom. The second-order valence-corrected chi connectivity index (χ2v) is 10.2. The van der Waals surface area contributed by atoms with E-state index in [9.17, 15) is 4.79 Å². The van der Waals surface area contributed by atoms with Gasteiger partial charge in [-0.1, -0.05) is 87.9 Å². The van der Waals surface area contributed by atoms with Crippen molar-refractivity contribution in [3.63, 3.8) is 0 Å². The molecule has 0 amide bonds. The first-order chi connectivity index (χ1) is 18.5. The quantitative estimate of drug-likeness (QED) is 0.0924. The molecular weight excluding hydrogens is 488 g/mol. The monoisotopic (exact) mass is 530 g/mol. The zero-order valence-electron chi connectivity index (χ0n) is 23.2. The second-order valence-electron chi connectivity index (χ2n) is 9.79. The van der Waals surface area contributed by atoms with E-state index in [0.29, 0.717) is 12.2 Å². The molecule has 0 heterocycles. The SMILES string of the molecule is C=C(C)C(=O)OCCOc1cc(-c2ccc(-c3ccc(CCCCC)cc3)cc2CC)ccc1CCCS. The van der Waals surface area contributed by atoms with Crippen LogP contribution in [0.5, 0.6) is 5.75 Å². The molecule has 3 nitrogen and oxygen atoms in total. The van der Waals surface area contributed by atoms with Crippen molar-refractivity contribution in [2.45, 2.75) is 65.7 Å². The zero-order valence-corrected chi connectivity index (χ0v) is 24.1. The standard InChI is InChI=1S/C34H42O3S/c1-5-7-8-10-26-12-14-28(15-13-26)30-18-19-32(27(6-2)23-30)31-17-16-29(11-9-22-38)33(24-31)36-20-21-37-34(35)25(3)4/h12-19,23-24,38H,3,5-11,20-22H2,1-2,4H3. The summed E-state index contributed by atoms with van der Waals surface area (Å²) >= 11 is 4.37. The molecule has 0 N–H and O–H groups in total. The Hall–Kier alpha value is -2.98. The normalized spacial score (nSPS) is 10.8. The van der Waals surface area contributed by atoms with Crippen molar-refractivity contribution in [3.05, 3.63) is 89.5 Å². The van der Waals surface area contributed by atoms with Crippen LogP contribution in [0.2, 0.25) is 0 Å². The lowest BCUT2D eigenvalue weighted by molar-refractivity contribution is -0.139. The minimum atomic E-state index is -0.392. The van der Waals surface area contributed by atoms with Crippen molar-refractivity contribution < 1.29 is 14.3 Å². The molecule has 0 spiro atoms. The third kappa shape index (κ3) is 8.52. The van der Waals surface area contributed by atoms with Crippen LogP contribution in [0, 0.1) is 0 Å². The average Bonchev–Trinajstić information content (AvgIpc) is 2.94. The Balaban J connectivity index is 1.80. The molecule has 0 aliphatic heterocycles. The van der Waals surface area contributed by atoms with Crippen LogP contribution in [0.25, 0.3) is 22.3 Å². The molecule has 3 aromatic rings. The minimum absolute atomic E-state index is 0.189. The molecule has 38 heavy (non-hydrogen) atoms. The molecular formula is C34H42O3S. The van der Waals surface area contributed by atoms with Crippen LogP contribution in [0.4, 0.5) is 0 Å². The highest BCUT2D eigenvalue weighted by Gasteiger charge is 2.12. The van der Waals surface area contributed by atoms with Crippen LogP contribution in [0.15, 0.2) is 72.8 Å². The predicted molar refractivity (Wildman–Crippen MR) is 163 cm³/mol. The molecule has 202 valence electrons. The molecule has 0 aromatic heterocycles. The molecule has 3 rings (SSSR count). The summed E-state index contributed by atoms with van der Waals surface area (Å²) in [5.41, 5.74) is 9.08. The lowest BCUT2D eigenvalue weighted by Crippen LogP contribution is -2.13. The highest BCUT2D eigenvalue weighted by atomic mass is 32.1. The van der Waals surface area contributed by atoms with Crippen LogP contribution in [0.3, 0.4) is 0 Å². The number of esters is 1. The number of hydrogen-bond acceptors (Lipinski definition) is 4. The number of carbonyl (C=O) groups is 1. The van der Waals surface area contributed by atoms with Crippen molar-refractivity contribution in [2.24, 2.45) is 0 Å². The number of hydrogen-bond donors (Lipinski definition) is 1. The van der Waals surface area contributed by atoms with Crippen LogP contribution in [-0.2, 0) is 28.8 Å². The minimum Gasteiger partial charge on any atom is -0.490 e. The van der Waals surface area contributed by atoms with Crippen LogP contribution < -0.4 is 4.74 Å². The van der Waals surface area contributed by atoms with E-state index in [1.807, 2.05) is 0 Å².